The van der Waals surface area contributed by atoms with Crippen molar-refractivity contribution in [3.63, 3.8) is 0 Å². The van der Waals surface area contributed by atoms with E-state index in [1.165, 1.54) is 0 Å². The molecule has 158 valence electrons. The van der Waals surface area contributed by atoms with E-state index in [4.69, 9.17) is 11.6 Å². The lowest BCUT2D eigenvalue weighted by molar-refractivity contribution is -0.119. The Morgan fingerprint density at radius 1 is 1.07 bits per heavy atom. The van der Waals surface area contributed by atoms with Crippen LogP contribution in [0, 0.1) is 0 Å². The molecule has 0 spiro atoms. The van der Waals surface area contributed by atoms with Crippen LogP contribution in [0.1, 0.15) is 73.6 Å². The quantitative estimate of drug-likeness (QED) is 0.678. The summed E-state index contributed by atoms with van der Waals surface area (Å²) < 4.78 is 12.6. The first-order valence-corrected chi connectivity index (χ1v) is 12.3. The second kappa shape index (κ2) is 7.97. The summed E-state index contributed by atoms with van der Waals surface area (Å²) in [6.45, 7) is 0. The maximum absolute atomic E-state index is 12.6. The summed E-state index contributed by atoms with van der Waals surface area (Å²) in [4.78, 5) is 28.1. The topological polar surface area (TPSA) is 79.0 Å². The molecule has 0 bridgehead atoms. The number of rotatable bonds is 7. The molecule has 1 aromatic heterocycles. The van der Waals surface area contributed by atoms with E-state index in [1.54, 1.807) is 0 Å². The summed E-state index contributed by atoms with van der Waals surface area (Å²) >= 11 is 6.54. The first-order valence-electron chi connectivity index (χ1n) is 10.7. The molecule has 2 saturated carbocycles. The van der Waals surface area contributed by atoms with Gasteiger partial charge in [0.25, 0.3) is 5.56 Å². The fraction of sp³-hybridized carbons (Fsp3) is 0.478. The molecular weight excluding hydrogens is 420 g/mol. The number of hydrogen-bond acceptors (Lipinski definition) is 3. The second-order valence-electron chi connectivity index (χ2n) is 8.75. The second-order valence-corrected chi connectivity index (χ2v) is 10.9. The van der Waals surface area contributed by atoms with Crippen molar-refractivity contribution in [3.05, 3.63) is 62.5 Å². The van der Waals surface area contributed by atoms with Gasteiger partial charge in [-0.1, -0.05) is 23.7 Å². The highest BCUT2D eigenvalue weighted by atomic mass is 35.5. The van der Waals surface area contributed by atoms with Gasteiger partial charge in [0.1, 0.15) is 0 Å². The first-order chi connectivity index (χ1) is 14.5. The van der Waals surface area contributed by atoms with Crippen molar-refractivity contribution in [2.75, 3.05) is 0 Å². The Morgan fingerprint density at radius 2 is 1.87 bits per heavy atom. The number of nitrogens with one attached hydrogen (secondary N) is 2. The number of carbonyl (C=O) groups is 1. The summed E-state index contributed by atoms with van der Waals surface area (Å²) in [7, 11) is -1.06. The van der Waals surface area contributed by atoms with Crippen molar-refractivity contribution in [1.82, 2.24) is 10.3 Å². The number of hydrogen-bond donors (Lipinski definition) is 2. The predicted molar refractivity (Wildman–Crippen MR) is 118 cm³/mol. The SMILES string of the molecule is O=C1CC[C@H](CC(c2ccc(S(=O)C3CC3)c(Cl)c2)c2ccc(C3CC3)c(=O)[nH]2)N1. The monoisotopic (exact) mass is 444 g/mol. The fourth-order valence-corrected chi connectivity index (χ4v) is 6.15. The lowest BCUT2D eigenvalue weighted by Gasteiger charge is -2.22. The number of halogens is 1. The summed E-state index contributed by atoms with van der Waals surface area (Å²) in [5.41, 5.74) is 2.64. The van der Waals surface area contributed by atoms with Gasteiger partial charge in [-0.2, -0.15) is 0 Å². The zero-order valence-corrected chi connectivity index (χ0v) is 18.2. The molecule has 7 heteroatoms. The van der Waals surface area contributed by atoms with E-state index in [0.717, 1.165) is 48.9 Å². The number of H-pyrrole nitrogens is 1. The molecule has 5 nitrogen and oxygen atoms in total. The summed E-state index contributed by atoms with van der Waals surface area (Å²) in [5, 5.41) is 3.77. The Kier molecular flexibility index (Phi) is 5.31. The van der Waals surface area contributed by atoms with Crippen molar-refractivity contribution in [1.29, 1.82) is 0 Å². The first kappa shape index (κ1) is 20.0. The Bertz CT molecular complexity index is 1070. The summed E-state index contributed by atoms with van der Waals surface area (Å²) in [6.07, 6.45) is 6.15. The highest BCUT2D eigenvalue weighted by molar-refractivity contribution is 7.86. The molecule has 2 N–H and O–H groups in total. The number of benzene rings is 1. The van der Waals surface area contributed by atoms with Gasteiger partial charge in [-0.25, -0.2) is 0 Å². The molecule has 1 aromatic carbocycles. The molecule has 2 heterocycles. The van der Waals surface area contributed by atoms with E-state index in [0.29, 0.717) is 28.7 Å². The molecule has 0 radical (unpaired) electrons. The van der Waals surface area contributed by atoms with Crippen LogP contribution >= 0.6 is 11.6 Å². The number of amides is 1. The maximum Gasteiger partial charge on any atom is 0.251 e. The third-order valence-corrected chi connectivity index (χ3v) is 8.65. The smallest absolute Gasteiger partial charge is 0.251 e. The minimum atomic E-state index is -1.06. The van der Waals surface area contributed by atoms with Crippen molar-refractivity contribution in [2.24, 2.45) is 0 Å². The molecule has 5 rings (SSSR count). The number of aromatic nitrogens is 1. The average molecular weight is 445 g/mol. The van der Waals surface area contributed by atoms with E-state index in [1.807, 2.05) is 30.3 Å². The van der Waals surface area contributed by atoms with Gasteiger partial charge >= 0.3 is 0 Å². The van der Waals surface area contributed by atoms with Crippen LogP contribution in [0.15, 0.2) is 40.0 Å². The Morgan fingerprint density at radius 3 is 2.47 bits per heavy atom. The zero-order valence-electron chi connectivity index (χ0n) is 16.7. The zero-order chi connectivity index (χ0) is 20.8. The van der Waals surface area contributed by atoms with E-state index in [-0.39, 0.29) is 28.7 Å². The maximum atomic E-state index is 12.6. The van der Waals surface area contributed by atoms with Crippen molar-refractivity contribution >= 4 is 28.3 Å². The number of aromatic amines is 1. The molecule has 1 aliphatic heterocycles. The van der Waals surface area contributed by atoms with Crippen LogP contribution in [0.5, 0.6) is 0 Å². The van der Waals surface area contributed by atoms with Crippen LogP contribution in [-0.4, -0.2) is 26.4 Å². The van der Waals surface area contributed by atoms with E-state index in [2.05, 4.69) is 10.3 Å². The Labute approximate surface area is 183 Å². The molecule has 30 heavy (non-hydrogen) atoms. The molecule has 3 atom stereocenters. The molecule has 2 unspecified atom stereocenters. The highest BCUT2D eigenvalue weighted by Gasteiger charge is 2.32. The summed E-state index contributed by atoms with van der Waals surface area (Å²) in [6, 6.07) is 9.73. The average Bonchev–Trinajstić information content (AvgIpc) is 3.64. The van der Waals surface area contributed by atoms with Crippen molar-refractivity contribution in [3.8, 4) is 0 Å². The van der Waals surface area contributed by atoms with Crippen LogP contribution in [0.3, 0.4) is 0 Å². The van der Waals surface area contributed by atoms with Gasteiger partial charge in [-0.15, -0.1) is 0 Å². The van der Waals surface area contributed by atoms with Gasteiger partial charge in [0.05, 0.1) is 20.7 Å². The van der Waals surface area contributed by atoms with Crippen LogP contribution in [0.2, 0.25) is 5.02 Å². The third-order valence-electron chi connectivity index (χ3n) is 6.36. The fourth-order valence-electron chi connectivity index (χ4n) is 4.36. The normalized spacial score (nSPS) is 23.2. The molecule has 1 saturated heterocycles. The standard InChI is InChI=1S/C23H25ClN2O3S/c24-19-11-14(3-9-21(19)30(29)16-5-6-16)18(12-15-4-10-22(27)25-15)20-8-7-17(13-1-2-13)23(28)26-20/h3,7-9,11,13,15-16,18H,1-2,4-6,10,12H2,(H,25,27)(H,26,28)/t15-,18?,30?/m1/s1. The van der Waals surface area contributed by atoms with Gasteiger partial charge in [0.15, 0.2) is 0 Å². The molecule has 2 aliphatic carbocycles. The van der Waals surface area contributed by atoms with E-state index >= 15 is 0 Å². The van der Waals surface area contributed by atoms with Gasteiger partial charge in [-0.3, -0.25) is 13.8 Å². The Balaban J connectivity index is 1.48. The number of pyridine rings is 1. The lowest BCUT2D eigenvalue weighted by Crippen LogP contribution is -2.28. The third kappa shape index (κ3) is 4.12. The molecule has 3 aliphatic rings. The predicted octanol–water partition coefficient (Wildman–Crippen LogP) is 3.98. The highest BCUT2D eigenvalue weighted by Crippen LogP contribution is 2.39. The Hall–Kier alpha value is -1.92. The minimum Gasteiger partial charge on any atom is -0.353 e. The van der Waals surface area contributed by atoms with E-state index in [9.17, 15) is 13.8 Å². The van der Waals surface area contributed by atoms with Crippen LogP contribution in [0.25, 0.3) is 0 Å². The van der Waals surface area contributed by atoms with Gasteiger partial charge < -0.3 is 10.3 Å². The lowest BCUT2D eigenvalue weighted by atomic mass is 9.88. The summed E-state index contributed by atoms with van der Waals surface area (Å²) in [5.74, 6) is 0.362. The van der Waals surface area contributed by atoms with Crippen molar-refractivity contribution in [2.45, 2.75) is 73.0 Å². The van der Waals surface area contributed by atoms with Crippen molar-refractivity contribution < 1.29 is 9.00 Å². The number of carbonyl (C=O) groups excluding carboxylic acids is 1. The van der Waals surface area contributed by atoms with Gasteiger partial charge in [0, 0.05) is 34.9 Å². The largest absolute Gasteiger partial charge is 0.353 e. The molecule has 3 fully saturated rings. The van der Waals surface area contributed by atoms with Crippen LogP contribution < -0.4 is 10.9 Å². The van der Waals surface area contributed by atoms with E-state index < -0.39 is 10.8 Å². The van der Waals surface area contributed by atoms with Gasteiger partial charge in [-0.05, 0) is 68.2 Å². The van der Waals surface area contributed by atoms with Crippen LogP contribution in [-0.2, 0) is 15.6 Å². The van der Waals surface area contributed by atoms with Gasteiger partial charge in [0.2, 0.25) is 5.91 Å². The minimum absolute atomic E-state index is 0.0204. The van der Waals surface area contributed by atoms with Crippen LogP contribution in [0.4, 0.5) is 0 Å². The molecule has 1 amide bonds. The molecular formula is C23H25ClN2O3S. The molecule has 2 aromatic rings.